The highest BCUT2D eigenvalue weighted by Gasteiger charge is 2.14. The van der Waals surface area contributed by atoms with Crippen molar-refractivity contribution < 1.29 is 0 Å². The maximum Gasteiger partial charge on any atom is 0.0831 e. The van der Waals surface area contributed by atoms with Gasteiger partial charge in [0.1, 0.15) is 0 Å². The van der Waals surface area contributed by atoms with Crippen LogP contribution in [0, 0.1) is 6.92 Å². The van der Waals surface area contributed by atoms with Crippen LogP contribution in [0.5, 0.6) is 0 Å². The fourth-order valence-electron chi connectivity index (χ4n) is 1.45. The molecule has 0 radical (unpaired) electrons. The van der Waals surface area contributed by atoms with Gasteiger partial charge in [-0.1, -0.05) is 22.9 Å². The van der Waals surface area contributed by atoms with E-state index < -0.39 is 0 Å². The molecule has 0 aromatic carbocycles. The molecule has 0 aliphatic carbocycles. The normalized spacial score (nSPS) is 13.0. The number of aryl methyl sites for hydroxylation is 2. The van der Waals surface area contributed by atoms with Crippen molar-refractivity contribution in [1.82, 2.24) is 0 Å². The van der Waals surface area contributed by atoms with Crippen LogP contribution in [-0.4, -0.2) is 0 Å². The highest BCUT2D eigenvalue weighted by molar-refractivity contribution is 9.09. The molecule has 1 atom stereocenters. The van der Waals surface area contributed by atoms with E-state index in [-0.39, 0.29) is 0 Å². The minimum absolute atomic E-state index is 0.376. The molecule has 0 saturated carbocycles. The Hall–Kier alpha value is -0.120. The van der Waals surface area contributed by atoms with Crippen LogP contribution in [0.15, 0.2) is 23.6 Å². The van der Waals surface area contributed by atoms with Crippen LogP contribution < -0.4 is 0 Å². The third-order valence-electron chi connectivity index (χ3n) is 2.28. The molecule has 0 aliphatic heterocycles. The summed E-state index contributed by atoms with van der Waals surface area (Å²) in [5, 5.41) is 2.21. The molecule has 2 aromatic rings. The molecule has 0 N–H and O–H groups in total. The van der Waals surface area contributed by atoms with Crippen molar-refractivity contribution in [1.29, 1.82) is 0 Å². The van der Waals surface area contributed by atoms with Gasteiger partial charge < -0.3 is 0 Å². The summed E-state index contributed by atoms with van der Waals surface area (Å²) in [5.41, 5.74) is 1.35. The highest BCUT2D eigenvalue weighted by Crippen LogP contribution is 2.38. The molecular formula is C12H13BrS2. The van der Waals surface area contributed by atoms with E-state index in [0.29, 0.717) is 4.83 Å². The van der Waals surface area contributed by atoms with E-state index in [4.69, 9.17) is 0 Å². The SMILES string of the molecule is CCc1ccc(C(Br)c2cc(C)cs2)s1. The summed E-state index contributed by atoms with van der Waals surface area (Å²) in [6, 6.07) is 6.72. The van der Waals surface area contributed by atoms with Crippen molar-refractivity contribution in [3.8, 4) is 0 Å². The molecule has 0 nitrogen and oxygen atoms in total. The fraction of sp³-hybridized carbons (Fsp3) is 0.333. The van der Waals surface area contributed by atoms with Crippen LogP contribution in [0.3, 0.4) is 0 Å². The van der Waals surface area contributed by atoms with E-state index >= 15 is 0 Å². The summed E-state index contributed by atoms with van der Waals surface area (Å²) >= 11 is 7.50. The van der Waals surface area contributed by atoms with Crippen molar-refractivity contribution >= 4 is 38.6 Å². The Bertz CT molecular complexity index is 442. The summed E-state index contributed by atoms with van der Waals surface area (Å²) in [6.45, 7) is 4.35. The zero-order valence-corrected chi connectivity index (χ0v) is 12.0. The predicted octanol–water partition coefficient (Wildman–Crippen LogP) is 5.16. The molecule has 0 saturated heterocycles. The van der Waals surface area contributed by atoms with E-state index in [2.05, 4.69) is 53.4 Å². The van der Waals surface area contributed by atoms with Gasteiger partial charge in [0.25, 0.3) is 0 Å². The Morgan fingerprint density at radius 2 is 2.13 bits per heavy atom. The zero-order chi connectivity index (χ0) is 10.8. The first-order valence-corrected chi connectivity index (χ1v) is 7.59. The lowest BCUT2D eigenvalue weighted by Gasteiger charge is -2.03. The molecule has 2 heterocycles. The Kier molecular flexibility index (Phi) is 3.65. The van der Waals surface area contributed by atoms with Gasteiger partial charge in [-0.25, -0.2) is 0 Å². The van der Waals surface area contributed by atoms with Crippen molar-refractivity contribution in [3.63, 3.8) is 0 Å². The second-order valence-corrected chi connectivity index (χ2v) is 6.61. The van der Waals surface area contributed by atoms with Crippen molar-refractivity contribution in [2.75, 3.05) is 0 Å². The van der Waals surface area contributed by atoms with E-state index in [1.165, 1.54) is 20.2 Å². The van der Waals surface area contributed by atoms with Crippen molar-refractivity contribution in [2.24, 2.45) is 0 Å². The van der Waals surface area contributed by atoms with Crippen LogP contribution >= 0.6 is 38.6 Å². The molecule has 1 unspecified atom stereocenters. The lowest BCUT2D eigenvalue weighted by molar-refractivity contribution is 1.19. The van der Waals surface area contributed by atoms with Gasteiger partial charge in [0.2, 0.25) is 0 Å². The Morgan fingerprint density at radius 3 is 2.67 bits per heavy atom. The number of hydrogen-bond acceptors (Lipinski definition) is 2. The van der Waals surface area contributed by atoms with E-state index in [9.17, 15) is 0 Å². The first kappa shape index (κ1) is 11.4. The Morgan fingerprint density at radius 1 is 1.33 bits per heavy atom. The maximum atomic E-state index is 3.77. The molecule has 2 aromatic heterocycles. The molecule has 80 valence electrons. The molecule has 0 amide bonds. The summed E-state index contributed by atoms with van der Waals surface area (Å²) < 4.78 is 0. The first-order valence-electron chi connectivity index (χ1n) is 4.98. The van der Waals surface area contributed by atoms with Crippen molar-refractivity contribution in [2.45, 2.75) is 25.1 Å². The average Bonchev–Trinajstić information content (AvgIpc) is 2.84. The standard InChI is InChI=1S/C12H13BrS2/c1-3-9-4-5-10(15-9)12(13)11-6-8(2)7-14-11/h4-7,12H,3H2,1-2H3. The van der Waals surface area contributed by atoms with E-state index in [0.717, 1.165) is 6.42 Å². The second kappa shape index (κ2) is 4.81. The van der Waals surface area contributed by atoms with Crippen LogP contribution in [0.1, 0.15) is 31.9 Å². The number of hydrogen-bond donors (Lipinski definition) is 0. The lowest BCUT2D eigenvalue weighted by atomic mass is 10.2. The van der Waals surface area contributed by atoms with Gasteiger partial charge in [0, 0.05) is 14.6 Å². The number of thiophene rings is 2. The molecule has 0 aliphatic rings. The number of halogens is 1. The van der Waals surface area contributed by atoms with Crippen LogP contribution in [-0.2, 0) is 6.42 Å². The van der Waals surface area contributed by atoms with Crippen LogP contribution in [0.2, 0.25) is 0 Å². The van der Waals surface area contributed by atoms with Gasteiger partial charge in [-0.15, -0.1) is 22.7 Å². The van der Waals surface area contributed by atoms with E-state index in [1.54, 1.807) is 0 Å². The molecule has 15 heavy (non-hydrogen) atoms. The van der Waals surface area contributed by atoms with Crippen molar-refractivity contribution in [3.05, 3.63) is 43.8 Å². The maximum absolute atomic E-state index is 3.77. The monoisotopic (exact) mass is 300 g/mol. The second-order valence-electron chi connectivity index (χ2n) is 3.55. The quantitative estimate of drug-likeness (QED) is 0.687. The van der Waals surface area contributed by atoms with Gasteiger partial charge in [-0.3, -0.25) is 0 Å². The topological polar surface area (TPSA) is 0 Å². The third-order valence-corrected chi connectivity index (χ3v) is 6.28. The number of alkyl halides is 1. The zero-order valence-electron chi connectivity index (χ0n) is 8.79. The predicted molar refractivity (Wildman–Crippen MR) is 73.5 cm³/mol. The van der Waals surface area contributed by atoms with E-state index in [1.807, 2.05) is 22.7 Å². The lowest BCUT2D eigenvalue weighted by Crippen LogP contribution is -1.83. The first-order chi connectivity index (χ1) is 7.20. The Labute approximate surface area is 107 Å². The highest BCUT2D eigenvalue weighted by atomic mass is 79.9. The van der Waals surface area contributed by atoms with Crippen LogP contribution in [0.4, 0.5) is 0 Å². The number of rotatable bonds is 3. The van der Waals surface area contributed by atoms with Gasteiger partial charge in [-0.2, -0.15) is 0 Å². The average molecular weight is 301 g/mol. The van der Waals surface area contributed by atoms with Gasteiger partial charge in [0.15, 0.2) is 0 Å². The molecule has 2 rings (SSSR count). The molecular weight excluding hydrogens is 288 g/mol. The fourth-order valence-corrected chi connectivity index (χ4v) is 4.25. The minimum atomic E-state index is 0.376. The van der Waals surface area contributed by atoms with Gasteiger partial charge >= 0.3 is 0 Å². The molecule has 3 heteroatoms. The summed E-state index contributed by atoms with van der Waals surface area (Å²) in [7, 11) is 0. The molecule has 0 spiro atoms. The molecule has 0 bridgehead atoms. The minimum Gasteiger partial charge on any atom is -0.147 e. The largest absolute Gasteiger partial charge is 0.147 e. The molecule has 0 fully saturated rings. The summed E-state index contributed by atoms with van der Waals surface area (Å²) in [4.78, 5) is 4.65. The smallest absolute Gasteiger partial charge is 0.0831 e. The summed E-state index contributed by atoms with van der Waals surface area (Å²) in [6.07, 6.45) is 1.13. The van der Waals surface area contributed by atoms with Gasteiger partial charge in [0.05, 0.1) is 4.83 Å². The third kappa shape index (κ3) is 2.52. The van der Waals surface area contributed by atoms with Gasteiger partial charge in [-0.05, 0) is 42.5 Å². The Balaban J connectivity index is 2.23. The van der Waals surface area contributed by atoms with Crippen LogP contribution in [0.25, 0.3) is 0 Å². The summed E-state index contributed by atoms with van der Waals surface area (Å²) in [5.74, 6) is 0.